The summed E-state index contributed by atoms with van der Waals surface area (Å²) >= 11 is 1.54. The van der Waals surface area contributed by atoms with Gasteiger partial charge in [0.05, 0.1) is 6.10 Å². The van der Waals surface area contributed by atoms with Gasteiger partial charge in [0.25, 0.3) is 0 Å². The number of thiophene rings is 1. The lowest BCUT2D eigenvalue weighted by molar-refractivity contribution is 0.201. The lowest BCUT2D eigenvalue weighted by atomic mass is 10.1. The molecule has 3 heteroatoms. The third-order valence-electron chi connectivity index (χ3n) is 2.06. The molecule has 1 atom stereocenters. The number of hydrogen-bond donors (Lipinski definition) is 2. The second kappa shape index (κ2) is 3.01. The monoisotopic (exact) mass is 194 g/mol. The zero-order valence-electron chi connectivity index (χ0n) is 7.19. The molecule has 0 radical (unpaired) electrons. The van der Waals surface area contributed by atoms with E-state index in [-0.39, 0.29) is 5.75 Å². The number of aliphatic hydroxyl groups is 1. The summed E-state index contributed by atoms with van der Waals surface area (Å²) in [7, 11) is 0. The van der Waals surface area contributed by atoms with Crippen LogP contribution in [0.25, 0.3) is 10.1 Å². The van der Waals surface area contributed by atoms with E-state index in [0.717, 1.165) is 15.6 Å². The molecule has 2 aromatic rings. The summed E-state index contributed by atoms with van der Waals surface area (Å²) in [6.07, 6.45) is -0.526. The first-order chi connectivity index (χ1) is 6.20. The third kappa shape index (κ3) is 1.30. The smallest absolute Gasteiger partial charge is 0.124 e. The van der Waals surface area contributed by atoms with Crippen molar-refractivity contribution in [2.24, 2.45) is 0 Å². The fraction of sp³-hybridized carbons (Fsp3) is 0.200. The Hall–Kier alpha value is -1.06. The van der Waals surface area contributed by atoms with Crippen LogP contribution in [0.3, 0.4) is 0 Å². The van der Waals surface area contributed by atoms with Crippen LogP contribution in [0.4, 0.5) is 0 Å². The van der Waals surface area contributed by atoms with E-state index in [0.29, 0.717) is 0 Å². The minimum absolute atomic E-state index is 0.245. The second-order valence-electron chi connectivity index (χ2n) is 3.02. The first kappa shape index (κ1) is 8.53. The van der Waals surface area contributed by atoms with Crippen molar-refractivity contribution in [1.29, 1.82) is 0 Å². The number of fused-ring (bicyclic) bond motifs is 1. The maximum absolute atomic E-state index is 9.59. The Morgan fingerprint density at radius 1 is 1.38 bits per heavy atom. The van der Waals surface area contributed by atoms with Crippen molar-refractivity contribution in [3.8, 4) is 5.75 Å². The summed E-state index contributed by atoms with van der Waals surface area (Å²) in [6.45, 7) is 1.70. The predicted octanol–water partition coefficient (Wildman–Crippen LogP) is 2.66. The molecule has 0 aliphatic carbocycles. The molecule has 13 heavy (non-hydrogen) atoms. The number of phenols is 1. The van der Waals surface area contributed by atoms with Crippen molar-refractivity contribution in [3.05, 3.63) is 29.1 Å². The van der Waals surface area contributed by atoms with Crippen molar-refractivity contribution in [3.63, 3.8) is 0 Å². The second-order valence-corrected chi connectivity index (χ2v) is 3.93. The van der Waals surface area contributed by atoms with Gasteiger partial charge in [-0.2, -0.15) is 0 Å². The van der Waals surface area contributed by atoms with Gasteiger partial charge in [-0.15, -0.1) is 11.3 Å². The normalized spacial score (nSPS) is 13.4. The topological polar surface area (TPSA) is 40.5 Å². The lowest BCUT2D eigenvalue weighted by Crippen LogP contribution is -1.87. The molecule has 68 valence electrons. The van der Waals surface area contributed by atoms with E-state index in [2.05, 4.69) is 0 Å². The Kier molecular flexibility index (Phi) is 1.98. The minimum atomic E-state index is -0.526. The fourth-order valence-corrected chi connectivity index (χ4v) is 2.47. The van der Waals surface area contributed by atoms with Crippen LogP contribution < -0.4 is 0 Å². The van der Waals surface area contributed by atoms with Gasteiger partial charge in [-0.1, -0.05) is 6.07 Å². The van der Waals surface area contributed by atoms with Gasteiger partial charge in [0.2, 0.25) is 0 Å². The molecule has 0 saturated heterocycles. The van der Waals surface area contributed by atoms with Gasteiger partial charge >= 0.3 is 0 Å². The van der Waals surface area contributed by atoms with Crippen LogP contribution in [0, 0.1) is 0 Å². The molecule has 0 saturated carbocycles. The average Bonchev–Trinajstić information content (AvgIpc) is 2.49. The highest BCUT2D eigenvalue weighted by Crippen LogP contribution is 2.35. The first-order valence-corrected chi connectivity index (χ1v) is 4.95. The van der Waals surface area contributed by atoms with Gasteiger partial charge < -0.3 is 10.2 Å². The summed E-state index contributed by atoms with van der Waals surface area (Å²) in [4.78, 5) is 0. The molecule has 0 aliphatic rings. The molecule has 2 rings (SSSR count). The molecular weight excluding hydrogens is 184 g/mol. The Morgan fingerprint density at radius 3 is 2.85 bits per heavy atom. The number of rotatable bonds is 1. The Labute approximate surface area is 80.1 Å². The average molecular weight is 194 g/mol. The summed E-state index contributed by atoms with van der Waals surface area (Å²) < 4.78 is 1.01. The Morgan fingerprint density at radius 2 is 2.15 bits per heavy atom. The Balaban J connectivity index is 2.79. The van der Waals surface area contributed by atoms with Crippen LogP contribution >= 0.6 is 11.3 Å². The van der Waals surface area contributed by atoms with Crippen LogP contribution in [0.5, 0.6) is 5.75 Å². The lowest BCUT2D eigenvalue weighted by Gasteiger charge is -2.02. The van der Waals surface area contributed by atoms with Crippen LogP contribution in [-0.2, 0) is 0 Å². The number of aliphatic hydroxyl groups excluding tert-OH is 1. The largest absolute Gasteiger partial charge is 0.507 e. The Bertz CT molecular complexity index is 431. The van der Waals surface area contributed by atoms with E-state index in [9.17, 15) is 10.2 Å². The van der Waals surface area contributed by atoms with Crippen molar-refractivity contribution in [1.82, 2.24) is 0 Å². The zero-order valence-corrected chi connectivity index (χ0v) is 8.01. The third-order valence-corrected chi connectivity index (χ3v) is 3.02. The van der Waals surface area contributed by atoms with Crippen LogP contribution in [0.15, 0.2) is 23.6 Å². The van der Waals surface area contributed by atoms with Gasteiger partial charge in [0, 0.05) is 15.6 Å². The number of phenolic OH excluding ortho intramolecular Hbond substituents is 1. The van der Waals surface area contributed by atoms with E-state index in [4.69, 9.17) is 0 Å². The van der Waals surface area contributed by atoms with E-state index < -0.39 is 6.10 Å². The SMILES string of the molecule is CC(O)c1csc2cccc(O)c12. The van der Waals surface area contributed by atoms with Crippen LogP contribution in [0.1, 0.15) is 18.6 Å². The highest BCUT2D eigenvalue weighted by atomic mass is 32.1. The zero-order chi connectivity index (χ0) is 9.42. The molecule has 1 aromatic carbocycles. The van der Waals surface area contributed by atoms with Gasteiger partial charge in [-0.25, -0.2) is 0 Å². The molecule has 2 N–H and O–H groups in total. The van der Waals surface area contributed by atoms with Gasteiger partial charge in [0.15, 0.2) is 0 Å². The highest BCUT2D eigenvalue weighted by Gasteiger charge is 2.11. The highest BCUT2D eigenvalue weighted by molar-refractivity contribution is 7.17. The van der Waals surface area contributed by atoms with Crippen LogP contribution in [-0.4, -0.2) is 10.2 Å². The molecule has 1 heterocycles. The van der Waals surface area contributed by atoms with Gasteiger partial charge in [-0.05, 0) is 24.4 Å². The minimum Gasteiger partial charge on any atom is -0.507 e. The fourth-order valence-electron chi connectivity index (χ4n) is 1.40. The maximum atomic E-state index is 9.59. The van der Waals surface area contributed by atoms with E-state index in [1.54, 1.807) is 19.1 Å². The van der Waals surface area contributed by atoms with Gasteiger partial charge in [-0.3, -0.25) is 0 Å². The summed E-state index contributed by atoms with van der Waals surface area (Å²) in [5.74, 6) is 0.245. The summed E-state index contributed by atoms with van der Waals surface area (Å²) in [5, 5.41) is 21.7. The van der Waals surface area contributed by atoms with Crippen molar-refractivity contribution >= 4 is 21.4 Å². The molecule has 2 nitrogen and oxygen atoms in total. The predicted molar refractivity (Wildman–Crippen MR) is 54.1 cm³/mol. The first-order valence-electron chi connectivity index (χ1n) is 4.07. The molecule has 0 aliphatic heterocycles. The molecule has 0 spiro atoms. The van der Waals surface area contributed by atoms with Gasteiger partial charge in [0.1, 0.15) is 5.75 Å². The molecular formula is C10H10O2S. The molecule has 0 amide bonds. The van der Waals surface area contributed by atoms with Crippen molar-refractivity contribution < 1.29 is 10.2 Å². The maximum Gasteiger partial charge on any atom is 0.124 e. The van der Waals surface area contributed by atoms with Crippen molar-refractivity contribution in [2.75, 3.05) is 0 Å². The van der Waals surface area contributed by atoms with E-state index in [1.165, 1.54) is 11.3 Å². The molecule has 1 unspecified atom stereocenters. The summed E-state index contributed by atoms with van der Waals surface area (Å²) in [5.41, 5.74) is 0.804. The number of aromatic hydroxyl groups is 1. The molecule has 0 bridgehead atoms. The standard InChI is InChI=1S/C10H10O2S/c1-6(11)7-5-13-9-4-2-3-8(12)10(7)9/h2-6,11-12H,1H3. The number of hydrogen-bond acceptors (Lipinski definition) is 3. The summed E-state index contributed by atoms with van der Waals surface area (Å²) in [6, 6.07) is 5.38. The quantitative estimate of drug-likeness (QED) is 0.732. The van der Waals surface area contributed by atoms with Crippen molar-refractivity contribution in [2.45, 2.75) is 13.0 Å². The number of benzene rings is 1. The molecule has 0 fully saturated rings. The molecule has 1 aromatic heterocycles. The van der Waals surface area contributed by atoms with Crippen LogP contribution in [0.2, 0.25) is 0 Å². The van der Waals surface area contributed by atoms with E-state index >= 15 is 0 Å². The van der Waals surface area contributed by atoms with E-state index in [1.807, 2.05) is 11.4 Å².